The lowest BCUT2D eigenvalue weighted by atomic mass is 9.99. The molecule has 0 radical (unpaired) electrons. The van der Waals surface area contributed by atoms with Gasteiger partial charge >= 0.3 is 12.1 Å². The van der Waals surface area contributed by atoms with Crippen molar-refractivity contribution >= 4 is 40.8 Å². The number of allylic oxidation sites excluding steroid dienone is 1. The van der Waals surface area contributed by atoms with Crippen LogP contribution in [-0.4, -0.2) is 24.1 Å². The van der Waals surface area contributed by atoms with Gasteiger partial charge in [-0.15, -0.1) is 0 Å². The molecule has 0 heterocycles. The van der Waals surface area contributed by atoms with Gasteiger partial charge in [0, 0.05) is 24.1 Å². The summed E-state index contributed by atoms with van der Waals surface area (Å²) in [5.41, 5.74) is 2.61. The Hall–Kier alpha value is -3.97. The lowest BCUT2D eigenvalue weighted by Gasteiger charge is -2.26. The molecule has 1 atom stereocenters. The number of hydrogen-bond donors (Lipinski definition) is 0. The highest BCUT2D eigenvalue weighted by molar-refractivity contribution is 6.35. The number of ether oxygens (including phenoxy) is 2. The van der Waals surface area contributed by atoms with Gasteiger partial charge in [-0.25, -0.2) is 18.9 Å². The molecule has 1 amide bonds. The van der Waals surface area contributed by atoms with Crippen LogP contribution in [0.5, 0.6) is 0 Å². The topological polar surface area (TPSA) is 72.9 Å². The molecule has 0 spiro atoms. The Morgan fingerprint density at radius 2 is 1.67 bits per heavy atom. The molecule has 0 aliphatic rings. The largest absolute Gasteiger partial charge is 0.422 e. The predicted molar refractivity (Wildman–Crippen MR) is 136 cm³/mol. The number of nitrogens with zero attached hydrogens (tertiary/aromatic N) is 1. The molecule has 6 nitrogen and oxygen atoms in total. The van der Waals surface area contributed by atoms with E-state index in [1.54, 1.807) is 26.0 Å². The van der Waals surface area contributed by atoms with Crippen LogP contribution in [0.4, 0.5) is 20.6 Å². The first-order chi connectivity index (χ1) is 17.1. The Bertz CT molecular complexity index is 1340. The van der Waals surface area contributed by atoms with Crippen LogP contribution in [-0.2, 0) is 14.3 Å². The number of carbonyl (C=O) groups is 3. The van der Waals surface area contributed by atoms with Crippen molar-refractivity contribution in [1.82, 2.24) is 0 Å². The molecule has 0 aliphatic heterocycles. The molecular formula is C28H25ClFNO5. The van der Waals surface area contributed by atoms with Crippen LogP contribution < -0.4 is 4.90 Å². The van der Waals surface area contributed by atoms with Gasteiger partial charge in [-0.2, -0.15) is 0 Å². The second-order valence-corrected chi connectivity index (χ2v) is 8.37. The minimum absolute atomic E-state index is 0.117. The molecule has 8 heteroatoms. The molecule has 0 N–H and O–H groups in total. The van der Waals surface area contributed by atoms with Crippen LogP contribution in [0.25, 0.3) is 0 Å². The number of anilines is 2. The van der Waals surface area contributed by atoms with Gasteiger partial charge in [0.05, 0.1) is 16.4 Å². The third kappa shape index (κ3) is 6.17. The number of ketones is 1. The average Bonchev–Trinajstić information content (AvgIpc) is 2.80. The third-order valence-electron chi connectivity index (χ3n) is 5.28. The van der Waals surface area contributed by atoms with E-state index in [2.05, 4.69) is 0 Å². The Morgan fingerprint density at radius 3 is 2.31 bits per heavy atom. The third-order valence-corrected chi connectivity index (χ3v) is 5.59. The molecule has 0 aliphatic carbocycles. The second kappa shape index (κ2) is 11.6. The summed E-state index contributed by atoms with van der Waals surface area (Å²) in [6.07, 6.45) is 0.588. The first kappa shape index (κ1) is 26.6. The fourth-order valence-corrected chi connectivity index (χ4v) is 3.83. The minimum atomic E-state index is -1.21. The van der Waals surface area contributed by atoms with Gasteiger partial charge in [-0.3, -0.25) is 4.79 Å². The highest BCUT2D eigenvalue weighted by Gasteiger charge is 2.26. The van der Waals surface area contributed by atoms with E-state index < -0.39 is 24.2 Å². The van der Waals surface area contributed by atoms with Gasteiger partial charge in [0.25, 0.3) is 0 Å². The molecular weight excluding hydrogens is 485 g/mol. The molecule has 0 bridgehead atoms. The normalized spacial score (nSPS) is 11.7. The predicted octanol–water partition coefficient (Wildman–Crippen LogP) is 7.07. The molecule has 0 aromatic heterocycles. The Labute approximate surface area is 213 Å². The van der Waals surface area contributed by atoms with Crippen molar-refractivity contribution in [2.24, 2.45) is 0 Å². The summed E-state index contributed by atoms with van der Waals surface area (Å²) in [4.78, 5) is 39.2. The molecule has 0 saturated carbocycles. The maximum Gasteiger partial charge on any atom is 0.422 e. The summed E-state index contributed by atoms with van der Waals surface area (Å²) in [6, 6.07) is 15.5. The van der Waals surface area contributed by atoms with Crippen molar-refractivity contribution in [3.05, 3.63) is 106 Å². The Morgan fingerprint density at radius 1 is 0.944 bits per heavy atom. The standard InChI is InChI=1S/C28H25ClFNO5/c1-5-8-26(32)35-19(4)36-28(34)31(25-14-11-20(30)15-18(25)3)21-12-13-23(24(29)16-21)27(33)22-10-7-6-9-17(22)2/h5-16,19H,1-4H3. The zero-order valence-corrected chi connectivity index (χ0v) is 21.0. The van der Waals surface area contributed by atoms with Crippen molar-refractivity contribution in [3.8, 4) is 0 Å². The summed E-state index contributed by atoms with van der Waals surface area (Å²) in [5, 5.41) is 0.117. The maximum absolute atomic E-state index is 13.8. The number of hydrogen-bond acceptors (Lipinski definition) is 5. The van der Waals surface area contributed by atoms with E-state index in [4.69, 9.17) is 21.1 Å². The monoisotopic (exact) mass is 509 g/mol. The first-order valence-electron chi connectivity index (χ1n) is 11.1. The average molecular weight is 510 g/mol. The Kier molecular flexibility index (Phi) is 8.61. The van der Waals surface area contributed by atoms with E-state index in [-0.39, 0.29) is 22.1 Å². The smallest absolute Gasteiger partial charge is 0.422 e. The first-order valence-corrected chi connectivity index (χ1v) is 11.5. The van der Waals surface area contributed by atoms with Crippen LogP contribution in [0, 0.1) is 19.7 Å². The number of benzene rings is 3. The molecule has 1 unspecified atom stereocenters. The van der Waals surface area contributed by atoms with E-state index in [1.165, 1.54) is 60.4 Å². The van der Waals surface area contributed by atoms with Crippen molar-refractivity contribution < 1.29 is 28.2 Å². The second-order valence-electron chi connectivity index (χ2n) is 7.96. The zero-order valence-electron chi connectivity index (χ0n) is 20.2. The fraction of sp³-hybridized carbons (Fsp3) is 0.179. The van der Waals surface area contributed by atoms with Crippen molar-refractivity contribution in [1.29, 1.82) is 0 Å². The summed E-state index contributed by atoms with van der Waals surface area (Å²) in [5.74, 6) is -1.42. The van der Waals surface area contributed by atoms with Gasteiger partial charge < -0.3 is 9.47 Å². The number of rotatable bonds is 7. The van der Waals surface area contributed by atoms with Gasteiger partial charge in [-0.1, -0.05) is 41.9 Å². The lowest BCUT2D eigenvalue weighted by molar-refractivity contribution is -0.158. The molecule has 0 fully saturated rings. The van der Waals surface area contributed by atoms with E-state index in [1.807, 2.05) is 19.1 Å². The van der Waals surface area contributed by atoms with E-state index in [0.717, 1.165) is 5.56 Å². The maximum atomic E-state index is 13.8. The van der Waals surface area contributed by atoms with Crippen LogP contribution in [0.3, 0.4) is 0 Å². The summed E-state index contributed by atoms with van der Waals surface area (Å²) < 4.78 is 24.2. The molecule has 0 saturated heterocycles. The van der Waals surface area contributed by atoms with Crippen molar-refractivity contribution in [3.63, 3.8) is 0 Å². The van der Waals surface area contributed by atoms with E-state index >= 15 is 0 Å². The highest BCUT2D eigenvalue weighted by Crippen LogP contribution is 2.33. The molecule has 3 aromatic rings. The number of carbonyl (C=O) groups excluding carboxylic acids is 3. The SMILES string of the molecule is CC=CC(=O)OC(C)OC(=O)N(c1ccc(C(=O)c2ccccc2C)c(Cl)c1)c1ccc(F)cc1C. The molecule has 3 rings (SSSR count). The van der Waals surface area contributed by atoms with Gasteiger partial charge in [-0.05, 0) is 68.3 Å². The van der Waals surface area contributed by atoms with Crippen molar-refractivity contribution in [2.75, 3.05) is 4.90 Å². The quantitative estimate of drug-likeness (QED) is 0.147. The van der Waals surface area contributed by atoms with Crippen LogP contribution in [0.2, 0.25) is 5.02 Å². The van der Waals surface area contributed by atoms with E-state index in [9.17, 15) is 18.8 Å². The summed E-state index contributed by atoms with van der Waals surface area (Å²) in [7, 11) is 0. The number of aryl methyl sites for hydroxylation is 2. The van der Waals surface area contributed by atoms with Crippen LogP contribution in [0.15, 0.2) is 72.8 Å². The molecule has 3 aromatic carbocycles. The zero-order chi connectivity index (χ0) is 26.4. The summed E-state index contributed by atoms with van der Waals surface area (Å²) >= 11 is 6.50. The number of esters is 1. The lowest BCUT2D eigenvalue weighted by Crippen LogP contribution is -2.32. The van der Waals surface area contributed by atoms with Gasteiger partial charge in [0.1, 0.15) is 5.82 Å². The van der Waals surface area contributed by atoms with E-state index in [0.29, 0.717) is 16.8 Å². The number of amides is 1. The minimum Gasteiger partial charge on any atom is -0.422 e. The number of halogens is 2. The summed E-state index contributed by atoms with van der Waals surface area (Å²) in [6.45, 7) is 6.50. The Balaban J connectivity index is 1.99. The van der Waals surface area contributed by atoms with Crippen LogP contribution >= 0.6 is 11.6 Å². The fourth-order valence-electron chi connectivity index (χ4n) is 3.57. The highest BCUT2D eigenvalue weighted by atomic mass is 35.5. The van der Waals surface area contributed by atoms with Gasteiger partial charge in [0.2, 0.25) is 6.29 Å². The molecule has 186 valence electrons. The van der Waals surface area contributed by atoms with Crippen LogP contribution in [0.1, 0.15) is 40.9 Å². The van der Waals surface area contributed by atoms with Crippen molar-refractivity contribution in [2.45, 2.75) is 34.0 Å². The molecule has 36 heavy (non-hydrogen) atoms. The van der Waals surface area contributed by atoms with Gasteiger partial charge in [0.15, 0.2) is 5.78 Å².